The molecule has 2 heteroatoms. The highest BCUT2D eigenvalue weighted by molar-refractivity contribution is 5.24. The molecule has 0 amide bonds. The molecule has 0 saturated heterocycles. The highest BCUT2D eigenvalue weighted by atomic mass is 19.1. The zero-order chi connectivity index (χ0) is 19.8. The molecule has 158 valence electrons. The van der Waals surface area contributed by atoms with Gasteiger partial charge in [0, 0.05) is 12.7 Å². The van der Waals surface area contributed by atoms with Crippen LogP contribution in [0.5, 0.6) is 0 Å². The molecule has 0 radical (unpaired) electrons. The summed E-state index contributed by atoms with van der Waals surface area (Å²) in [7, 11) is 1.61. The Morgan fingerprint density at radius 2 is 1.50 bits per heavy atom. The van der Waals surface area contributed by atoms with E-state index in [2.05, 4.69) is 13.0 Å². The number of aryl methyl sites for hydroxylation is 1. The molecule has 2 fully saturated rings. The molecule has 2 aliphatic carbocycles. The van der Waals surface area contributed by atoms with Gasteiger partial charge in [0.25, 0.3) is 0 Å². The summed E-state index contributed by atoms with van der Waals surface area (Å²) in [4.78, 5) is 0. The van der Waals surface area contributed by atoms with Crippen LogP contribution in [0.2, 0.25) is 0 Å². The van der Waals surface area contributed by atoms with Crippen molar-refractivity contribution >= 4 is 0 Å². The second kappa shape index (κ2) is 11.3. The van der Waals surface area contributed by atoms with Gasteiger partial charge in [0.1, 0.15) is 5.82 Å². The van der Waals surface area contributed by atoms with E-state index in [1.165, 1.54) is 77.0 Å². The average molecular weight is 389 g/mol. The van der Waals surface area contributed by atoms with Gasteiger partial charge in [0.2, 0.25) is 0 Å². The summed E-state index contributed by atoms with van der Waals surface area (Å²) in [6.07, 6.45) is 18.2. The van der Waals surface area contributed by atoms with E-state index in [1.54, 1.807) is 13.2 Å². The molecule has 28 heavy (non-hydrogen) atoms. The lowest BCUT2D eigenvalue weighted by molar-refractivity contribution is 0.140. The lowest BCUT2D eigenvalue weighted by Gasteiger charge is -2.38. The lowest BCUT2D eigenvalue weighted by atomic mass is 9.68. The normalized spacial score (nSPS) is 28.4. The van der Waals surface area contributed by atoms with E-state index in [0.717, 1.165) is 35.7 Å². The zero-order valence-corrected chi connectivity index (χ0v) is 18.2. The van der Waals surface area contributed by atoms with Gasteiger partial charge in [-0.3, -0.25) is 0 Å². The Labute approximate surface area is 172 Å². The SMILES string of the molecule is CCCC[C@H]1CC[C@H](C2CCC(CCc3ccc(COC)c(F)c3)CC2)CC1. The van der Waals surface area contributed by atoms with Crippen LogP contribution in [-0.2, 0) is 17.8 Å². The Morgan fingerprint density at radius 1 is 0.893 bits per heavy atom. The molecule has 0 aromatic heterocycles. The first-order valence-corrected chi connectivity index (χ1v) is 12.0. The van der Waals surface area contributed by atoms with Crippen molar-refractivity contribution in [1.82, 2.24) is 0 Å². The predicted molar refractivity (Wildman–Crippen MR) is 116 cm³/mol. The minimum absolute atomic E-state index is 0.113. The van der Waals surface area contributed by atoms with E-state index in [1.807, 2.05) is 6.07 Å². The van der Waals surface area contributed by atoms with Crippen LogP contribution in [0.15, 0.2) is 18.2 Å². The summed E-state index contributed by atoms with van der Waals surface area (Å²) in [5.41, 5.74) is 1.81. The molecule has 0 spiro atoms. The number of halogens is 1. The van der Waals surface area contributed by atoms with Crippen LogP contribution in [0.1, 0.15) is 95.1 Å². The topological polar surface area (TPSA) is 9.23 Å². The Kier molecular flexibility index (Phi) is 8.83. The first kappa shape index (κ1) is 21.8. The van der Waals surface area contributed by atoms with Crippen LogP contribution in [0.3, 0.4) is 0 Å². The minimum atomic E-state index is -0.113. The van der Waals surface area contributed by atoms with Crippen LogP contribution in [-0.4, -0.2) is 7.11 Å². The second-order valence-corrected chi connectivity index (χ2v) is 9.60. The summed E-state index contributed by atoms with van der Waals surface area (Å²) < 4.78 is 19.1. The average Bonchev–Trinajstić information content (AvgIpc) is 2.73. The molecule has 2 aliphatic rings. The van der Waals surface area contributed by atoms with E-state index >= 15 is 0 Å². The minimum Gasteiger partial charge on any atom is -0.380 e. The van der Waals surface area contributed by atoms with Crippen molar-refractivity contribution in [1.29, 1.82) is 0 Å². The summed E-state index contributed by atoms with van der Waals surface area (Å²) in [6.45, 7) is 2.67. The van der Waals surface area contributed by atoms with Gasteiger partial charge >= 0.3 is 0 Å². The Hall–Kier alpha value is -0.890. The van der Waals surface area contributed by atoms with Gasteiger partial charge in [-0.05, 0) is 73.8 Å². The highest BCUT2D eigenvalue weighted by Gasteiger charge is 2.30. The monoisotopic (exact) mass is 388 g/mol. The molecule has 1 nitrogen and oxygen atoms in total. The van der Waals surface area contributed by atoms with Gasteiger partial charge in [-0.15, -0.1) is 0 Å². The van der Waals surface area contributed by atoms with Crippen molar-refractivity contribution in [3.05, 3.63) is 35.1 Å². The third-order valence-corrected chi connectivity index (χ3v) is 7.67. The fraction of sp³-hybridized carbons (Fsp3) is 0.769. The number of hydrogen-bond donors (Lipinski definition) is 0. The van der Waals surface area contributed by atoms with E-state index in [9.17, 15) is 4.39 Å². The fourth-order valence-corrected chi connectivity index (χ4v) is 5.78. The van der Waals surface area contributed by atoms with Crippen LogP contribution in [0.4, 0.5) is 4.39 Å². The third-order valence-electron chi connectivity index (χ3n) is 7.67. The summed E-state index contributed by atoms with van der Waals surface area (Å²) in [6, 6.07) is 5.69. The standard InChI is InChI=1S/C26H41FO/c1-3-4-5-20-8-13-23(14-9-20)24-15-10-21(11-16-24)6-7-22-12-17-25(19-28-2)26(27)18-22/h12,17-18,20-21,23-24H,3-11,13-16,19H2,1-2H3/t20-,21?,23-,24?. The predicted octanol–water partition coefficient (Wildman–Crippen LogP) is 7.71. The fourth-order valence-electron chi connectivity index (χ4n) is 5.78. The Bertz CT molecular complexity index is 568. The number of ether oxygens (including phenoxy) is 1. The molecular weight excluding hydrogens is 347 g/mol. The molecule has 2 saturated carbocycles. The maximum atomic E-state index is 14.1. The van der Waals surface area contributed by atoms with Crippen LogP contribution < -0.4 is 0 Å². The smallest absolute Gasteiger partial charge is 0.128 e. The summed E-state index contributed by atoms with van der Waals surface area (Å²) in [5, 5.41) is 0. The Balaban J connectivity index is 1.36. The zero-order valence-electron chi connectivity index (χ0n) is 18.2. The Morgan fingerprint density at radius 3 is 2.04 bits per heavy atom. The lowest BCUT2D eigenvalue weighted by Crippen LogP contribution is -2.26. The first-order chi connectivity index (χ1) is 13.7. The van der Waals surface area contributed by atoms with Gasteiger partial charge in [0.15, 0.2) is 0 Å². The maximum Gasteiger partial charge on any atom is 0.128 e. The molecule has 1 aromatic carbocycles. The molecule has 0 aliphatic heterocycles. The van der Waals surface area contributed by atoms with Crippen molar-refractivity contribution < 1.29 is 9.13 Å². The van der Waals surface area contributed by atoms with Crippen molar-refractivity contribution in [3.8, 4) is 0 Å². The van der Waals surface area contributed by atoms with Crippen molar-refractivity contribution in [2.24, 2.45) is 23.7 Å². The molecule has 0 N–H and O–H groups in total. The second-order valence-electron chi connectivity index (χ2n) is 9.60. The molecule has 0 bridgehead atoms. The van der Waals surface area contributed by atoms with Gasteiger partial charge in [-0.1, -0.05) is 64.0 Å². The van der Waals surface area contributed by atoms with Gasteiger partial charge in [-0.25, -0.2) is 4.39 Å². The van der Waals surface area contributed by atoms with Crippen LogP contribution >= 0.6 is 0 Å². The maximum absolute atomic E-state index is 14.1. The molecule has 0 heterocycles. The third kappa shape index (κ3) is 6.31. The highest BCUT2D eigenvalue weighted by Crippen LogP contribution is 2.43. The van der Waals surface area contributed by atoms with E-state index in [4.69, 9.17) is 4.74 Å². The molecule has 3 rings (SSSR count). The number of benzene rings is 1. The van der Waals surface area contributed by atoms with E-state index in [0.29, 0.717) is 12.2 Å². The molecular formula is C26H41FO. The summed E-state index contributed by atoms with van der Waals surface area (Å²) in [5.74, 6) is 3.77. The quantitative estimate of drug-likeness (QED) is 0.421. The molecule has 0 unspecified atom stereocenters. The number of hydrogen-bond acceptors (Lipinski definition) is 1. The molecule has 1 aromatic rings. The van der Waals surface area contributed by atoms with Gasteiger partial charge < -0.3 is 4.74 Å². The van der Waals surface area contributed by atoms with Crippen molar-refractivity contribution in [2.75, 3.05) is 7.11 Å². The summed E-state index contributed by atoms with van der Waals surface area (Å²) >= 11 is 0. The van der Waals surface area contributed by atoms with Gasteiger partial charge in [-0.2, -0.15) is 0 Å². The van der Waals surface area contributed by atoms with E-state index in [-0.39, 0.29) is 5.82 Å². The number of rotatable bonds is 9. The number of methoxy groups -OCH3 is 1. The number of unbranched alkanes of at least 4 members (excludes halogenated alkanes) is 1. The van der Waals surface area contributed by atoms with Crippen molar-refractivity contribution in [2.45, 2.75) is 97.0 Å². The molecule has 0 atom stereocenters. The van der Waals surface area contributed by atoms with Gasteiger partial charge in [0.05, 0.1) is 6.61 Å². The van der Waals surface area contributed by atoms with E-state index < -0.39 is 0 Å². The largest absolute Gasteiger partial charge is 0.380 e. The van der Waals surface area contributed by atoms with Crippen molar-refractivity contribution in [3.63, 3.8) is 0 Å². The van der Waals surface area contributed by atoms with Crippen LogP contribution in [0.25, 0.3) is 0 Å². The van der Waals surface area contributed by atoms with Crippen LogP contribution in [0, 0.1) is 29.5 Å². The first-order valence-electron chi connectivity index (χ1n) is 12.0.